The van der Waals surface area contributed by atoms with Crippen LogP contribution in [0.5, 0.6) is 0 Å². The van der Waals surface area contributed by atoms with E-state index < -0.39 is 5.97 Å². The number of benzene rings is 1. The summed E-state index contributed by atoms with van der Waals surface area (Å²) >= 11 is 0. The molecule has 1 fully saturated rings. The predicted molar refractivity (Wildman–Crippen MR) is 65.4 cm³/mol. The Labute approximate surface area is 101 Å². The Morgan fingerprint density at radius 1 is 1.35 bits per heavy atom. The molecule has 92 valence electrons. The first-order valence-electron chi connectivity index (χ1n) is 5.90. The highest BCUT2D eigenvalue weighted by atomic mass is 16.4. The van der Waals surface area contributed by atoms with Gasteiger partial charge in [-0.25, -0.2) is 0 Å². The van der Waals surface area contributed by atoms with E-state index in [-0.39, 0.29) is 11.8 Å². The molecule has 3 N–H and O–H groups in total. The van der Waals surface area contributed by atoms with Crippen LogP contribution in [-0.4, -0.2) is 35.6 Å². The summed E-state index contributed by atoms with van der Waals surface area (Å²) in [6, 6.07) is 10.1. The van der Waals surface area contributed by atoms with E-state index in [2.05, 4.69) is 17.0 Å². The summed E-state index contributed by atoms with van der Waals surface area (Å²) in [5.74, 6) is -0.962. The Morgan fingerprint density at radius 3 is 2.59 bits per heavy atom. The lowest BCUT2D eigenvalue weighted by molar-refractivity contribution is -0.142. The van der Waals surface area contributed by atoms with Gasteiger partial charge in [-0.05, 0) is 18.0 Å². The summed E-state index contributed by atoms with van der Waals surface area (Å²) < 4.78 is 0. The molecule has 4 heteroatoms. The number of carbonyl (C=O) groups is 1. The Morgan fingerprint density at radius 2 is 2.06 bits per heavy atom. The summed E-state index contributed by atoms with van der Waals surface area (Å²) in [4.78, 5) is 13.3. The molecule has 1 aliphatic heterocycles. The van der Waals surface area contributed by atoms with E-state index in [1.165, 1.54) is 5.56 Å². The van der Waals surface area contributed by atoms with Crippen molar-refractivity contribution in [1.29, 1.82) is 0 Å². The van der Waals surface area contributed by atoms with E-state index in [0.717, 1.165) is 13.1 Å². The summed E-state index contributed by atoms with van der Waals surface area (Å²) in [5, 5.41) is 9.12. The van der Waals surface area contributed by atoms with Gasteiger partial charge in [0.25, 0.3) is 0 Å². The lowest BCUT2D eigenvalue weighted by Gasteiger charge is -2.15. The number of likely N-dealkylation sites (tertiary alicyclic amines) is 1. The van der Waals surface area contributed by atoms with Crippen LogP contribution in [0, 0.1) is 11.8 Å². The molecule has 4 nitrogen and oxygen atoms in total. The lowest BCUT2D eigenvalue weighted by Crippen LogP contribution is -2.27. The number of nitrogens with two attached hydrogens (primary N) is 1. The third-order valence-corrected chi connectivity index (χ3v) is 3.39. The van der Waals surface area contributed by atoms with Crippen LogP contribution in [0.4, 0.5) is 0 Å². The molecular formula is C13H18N2O2. The number of carboxylic acid groups (broad SMARTS) is 1. The molecule has 0 amide bonds. The normalized spacial score (nSPS) is 25.0. The van der Waals surface area contributed by atoms with Crippen LogP contribution in [0.2, 0.25) is 0 Å². The molecular weight excluding hydrogens is 216 g/mol. The SMILES string of the molecule is NC[C@@H]1CN(Cc2ccccc2)C[C@@H]1C(=O)O. The van der Waals surface area contributed by atoms with Crippen molar-refractivity contribution in [2.45, 2.75) is 6.54 Å². The van der Waals surface area contributed by atoms with Crippen LogP contribution < -0.4 is 5.73 Å². The first-order chi connectivity index (χ1) is 8.20. The van der Waals surface area contributed by atoms with Gasteiger partial charge in [0.1, 0.15) is 0 Å². The van der Waals surface area contributed by atoms with Gasteiger partial charge >= 0.3 is 5.97 Å². The fraction of sp³-hybridized carbons (Fsp3) is 0.462. The Bertz CT molecular complexity index is 380. The van der Waals surface area contributed by atoms with E-state index in [9.17, 15) is 4.79 Å². The minimum atomic E-state index is -0.726. The zero-order valence-electron chi connectivity index (χ0n) is 9.75. The molecule has 1 saturated heterocycles. The predicted octanol–water partition coefficient (Wildman–Crippen LogP) is 0.778. The Balaban J connectivity index is 1.99. The summed E-state index contributed by atoms with van der Waals surface area (Å²) in [6.07, 6.45) is 0. The molecule has 0 radical (unpaired) electrons. The van der Waals surface area contributed by atoms with E-state index in [1.54, 1.807) is 0 Å². The number of aliphatic carboxylic acids is 1. The van der Waals surface area contributed by atoms with Gasteiger partial charge in [-0.15, -0.1) is 0 Å². The molecule has 0 bridgehead atoms. The van der Waals surface area contributed by atoms with Gasteiger partial charge in [0, 0.05) is 19.6 Å². The van der Waals surface area contributed by atoms with Crippen molar-refractivity contribution in [3.05, 3.63) is 35.9 Å². The topological polar surface area (TPSA) is 66.6 Å². The zero-order chi connectivity index (χ0) is 12.3. The van der Waals surface area contributed by atoms with Crippen LogP contribution in [0.25, 0.3) is 0 Å². The average molecular weight is 234 g/mol. The van der Waals surface area contributed by atoms with Crippen molar-refractivity contribution >= 4 is 5.97 Å². The molecule has 17 heavy (non-hydrogen) atoms. The van der Waals surface area contributed by atoms with Crippen molar-refractivity contribution in [2.75, 3.05) is 19.6 Å². The molecule has 0 aromatic heterocycles. The van der Waals surface area contributed by atoms with Crippen molar-refractivity contribution in [3.63, 3.8) is 0 Å². The van der Waals surface area contributed by atoms with E-state index in [0.29, 0.717) is 13.1 Å². The number of nitrogens with zero attached hydrogens (tertiary/aromatic N) is 1. The van der Waals surface area contributed by atoms with Crippen molar-refractivity contribution < 1.29 is 9.90 Å². The zero-order valence-corrected chi connectivity index (χ0v) is 9.75. The molecule has 1 heterocycles. The molecule has 2 rings (SSSR count). The van der Waals surface area contributed by atoms with E-state index >= 15 is 0 Å². The largest absolute Gasteiger partial charge is 0.481 e. The molecule has 1 aromatic carbocycles. The van der Waals surface area contributed by atoms with Crippen LogP contribution >= 0.6 is 0 Å². The fourth-order valence-electron chi connectivity index (χ4n) is 2.45. The van der Waals surface area contributed by atoms with Crippen molar-refractivity contribution in [3.8, 4) is 0 Å². The van der Waals surface area contributed by atoms with E-state index in [1.807, 2.05) is 18.2 Å². The number of hydrogen-bond acceptors (Lipinski definition) is 3. The third kappa shape index (κ3) is 2.84. The highest BCUT2D eigenvalue weighted by Gasteiger charge is 2.36. The van der Waals surface area contributed by atoms with Crippen molar-refractivity contribution in [2.24, 2.45) is 17.6 Å². The standard InChI is InChI=1S/C13H18N2O2/c14-6-11-8-15(9-12(11)13(16)17)7-10-4-2-1-3-5-10/h1-5,11-12H,6-9,14H2,(H,16,17)/t11-,12+/m1/s1. The van der Waals surface area contributed by atoms with Gasteiger partial charge in [0.05, 0.1) is 5.92 Å². The maximum atomic E-state index is 11.1. The molecule has 2 atom stereocenters. The Kier molecular flexibility index (Phi) is 3.76. The highest BCUT2D eigenvalue weighted by molar-refractivity contribution is 5.71. The van der Waals surface area contributed by atoms with Crippen LogP contribution in [0.3, 0.4) is 0 Å². The summed E-state index contributed by atoms with van der Waals surface area (Å²) in [6.45, 7) is 2.64. The second kappa shape index (κ2) is 5.29. The fourth-order valence-corrected chi connectivity index (χ4v) is 2.45. The average Bonchev–Trinajstić information content (AvgIpc) is 2.73. The summed E-state index contributed by atoms with van der Waals surface area (Å²) in [7, 11) is 0. The third-order valence-electron chi connectivity index (χ3n) is 3.39. The monoisotopic (exact) mass is 234 g/mol. The Hall–Kier alpha value is -1.39. The van der Waals surface area contributed by atoms with Gasteiger partial charge in [0.2, 0.25) is 0 Å². The van der Waals surface area contributed by atoms with Crippen LogP contribution in [-0.2, 0) is 11.3 Å². The molecule has 0 aliphatic carbocycles. The number of rotatable bonds is 4. The van der Waals surface area contributed by atoms with Crippen LogP contribution in [0.1, 0.15) is 5.56 Å². The van der Waals surface area contributed by atoms with Gasteiger partial charge in [-0.3, -0.25) is 9.69 Å². The van der Waals surface area contributed by atoms with Gasteiger partial charge in [-0.1, -0.05) is 30.3 Å². The minimum Gasteiger partial charge on any atom is -0.481 e. The van der Waals surface area contributed by atoms with Crippen molar-refractivity contribution in [1.82, 2.24) is 4.90 Å². The number of hydrogen-bond donors (Lipinski definition) is 2. The molecule has 0 spiro atoms. The molecule has 1 aromatic rings. The first-order valence-corrected chi connectivity index (χ1v) is 5.90. The molecule has 0 saturated carbocycles. The smallest absolute Gasteiger partial charge is 0.308 e. The lowest BCUT2D eigenvalue weighted by atomic mass is 9.97. The first kappa shape index (κ1) is 12.1. The van der Waals surface area contributed by atoms with Crippen LogP contribution in [0.15, 0.2) is 30.3 Å². The summed E-state index contributed by atoms with van der Waals surface area (Å²) in [5.41, 5.74) is 6.84. The van der Waals surface area contributed by atoms with Gasteiger partial charge in [0.15, 0.2) is 0 Å². The highest BCUT2D eigenvalue weighted by Crippen LogP contribution is 2.24. The second-order valence-electron chi connectivity index (χ2n) is 4.62. The second-order valence-corrected chi connectivity index (χ2v) is 4.62. The van der Waals surface area contributed by atoms with Gasteiger partial charge in [-0.2, -0.15) is 0 Å². The molecule has 0 unspecified atom stereocenters. The maximum absolute atomic E-state index is 11.1. The van der Waals surface area contributed by atoms with Gasteiger partial charge < -0.3 is 10.8 Å². The quantitative estimate of drug-likeness (QED) is 0.808. The maximum Gasteiger partial charge on any atom is 0.308 e. The minimum absolute atomic E-state index is 0.0798. The number of carboxylic acids is 1. The van der Waals surface area contributed by atoms with E-state index in [4.69, 9.17) is 10.8 Å². The molecule has 1 aliphatic rings.